The Hall–Kier alpha value is -2.57. The Morgan fingerprint density at radius 3 is 2.29 bits per heavy atom. The van der Waals surface area contributed by atoms with Gasteiger partial charge < -0.3 is 10.3 Å². The fourth-order valence-electron chi connectivity index (χ4n) is 4.68. The van der Waals surface area contributed by atoms with Crippen LogP contribution in [0, 0.1) is 5.41 Å². The van der Waals surface area contributed by atoms with E-state index in [4.69, 9.17) is 10.7 Å². The number of hydrogen-bond donors (Lipinski definition) is 1. The molecule has 0 spiro atoms. The third kappa shape index (κ3) is 5.08. The lowest BCUT2D eigenvalue weighted by Gasteiger charge is -2.17. The summed E-state index contributed by atoms with van der Waals surface area (Å²) >= 11 is 1.82. The van der Waals surface area contributed by atoms with Gasteiger partial charge in [-0.3, -0.25) is 4.90 Å². The van der Waals surface area contributed by atoms with Crippen molar-refractivity contribution in [1.82, 2.24) is 19.4 Å². The largest absolute Gasteiger partial charge is 0.382 e. The second kappa shape index (κ2) is 9.59. The Bertz CT molecular complexity index is 1280. The second-order valence-electron chi connectivity index (χ2n) is 10.7. The molecule has 0 atom stereocenters. The Labute approximate surface area is 206 Å². The van der Waals surface area contributed by atoms with Crippen molar-refractivity contribution in [3.05, 3.63) is 59.7 Å². The highest BCUT2D eigenvalue weighted by Gasteiger charge is 2.19. The summed E-state index contributed by atoms with van der Waals surface area (Å²) in [5.41, 5.74) is 12.2. The lowest BCUT2D eigenvalue weighted by atomic mass is 9.94. The van der Waals surface area contributed by atoms with Crippen LogP contribution in [0.5, 0.6) is 0 Å². The number of imidazole rings is 1. The molecule has 2 aromatic carbocycles. The van der Waals surface area contributed by atoms with Crippen LogP contribution in [0.2, 0.25) is 0 Å². The molecule has 6 heteroatoms. The minimum atomic E-state index is 0.294. The minimum absolute atomic E-state index is 0.294. The quantitative estimate of drug-likeness (QED) is 0.317. The van der Waals surface area contributed by atoms with E-state index in [0.29, 0.717) is 11.2 Å². The van der Waals surface area contributed by atoms with Crippen LogP contribution in [0.3, 0.4) is 0 Å². The Morgan fingerprint density at radius 2 is 1.59 bits per heavy atom. The van der Waals surface area contributed by atoms with Crippen molar-refractivity contribution in [3.63, 3.8) is 0 Å². The van der Waals surface area contributed by atoms with E-state index in [1.54, 1.807) is 0 Å². The molecule has 0 bridgehead atoms. The van der Waals surface area contributed by atoms with Gasteiger partial charge in [0.25, 0.3) is 0 Å². The van der Waals surface area contributed by atoms with E-state index < -0.39 is 0 Å². The van der Waals surface area contributed by atoms with Gasteiger partial charge in [0.05, 0.1) is 17.6 Å². The number of nitrogens with zero attached hydrogens (tertiary/aromatic N) is 4. The molecule has 0 saturated carbocycles. The fraction of sp³-hybridized carbons (Fsp3) is 0.429. The van der Waals surface area contributed by atoms with E-state index >= 15 is 0 Å². The monoisotopic (exact) mass is 473 g/mol. The first-order valence-corrected chi connectivity index (χ1v) is 13.3. The summed E-state index contributed by atoms with van der Waals surface area (Å²) in [7, 11) is 0. The van der Waals surface area contributed by atoms with Crippen LogP contribution in [0.25, 0.3) is 21.9 Å². The van der Waals surface area contributed by atoms with Crippen LogP contribution >= 0.6 is 11.8 Å². The Kier molecular flexibility index (Phi) is 6.54. The van der Waals surface area contributed by atoms with Crippen molar-refractivity contribution < 1.29 is 0 Å². The highest BCUT2D eigenvalue weighted by atomic mass is 32.2. The molecular weight excluding hydrogens is 438 g/mol. The molecule has 4 aromatic rings. The summed E-state index contributed by atoms with van der Waals surface area (Å²) in [6.45, 7) is 11.1. The maximum Gasteiger partial charge on any atom is 0.169 e. The van der Waals surface area contributed by atoms with Crippen LogP contribution in [0.4, 0.5) is 5.82 Å². The van der Waals surface area contributed by atoms with Gasteiger partial charge in [-0.25, -0.2) is 9.97 Å². The Morgan fingerprint density at radius 1 is 0.912 bits per heavy atom. The first-order valence-electron chi connectivity index (χ1n) is 12.3. The normalized spacial score (nSPS) is 15.0. The van der Waals surface area contributed by atoms with E-state index in [-0.39, 0.29) is 0 Å². The molecule has 0 amide bonds. The zero-order valence-corrected chi connectivity index (χ0v) is 21.4. The SMILES string of the molecule is CC(C)(C)CCSc1nc2c(N)nc3ccccc3c2n1Cc1ccc(CN2CCCC2)cc1. The third-order valence-electron chi connectivity index (χ3n) is 6.63. The number of benzene rings is 2. The van der Waals surface area contributed by atoms with Crippen LogP contribution in [0.15, 0.2) is 53.7 Å². The number of pyridine rings is 1. The molecule has 0 radical (unpaired) electrons. The van der Waals surface area contributed by atoms with Crippen LogP contribution in [-0.2, 0) is 13.1 Å². The zero-order chi connectivity index (χ0) is 23.7. The van der Waals surface area contributed by atoms with Gasteiger partial charge in [0, 0.05) is 17.7 Å². The summed E-state index contributed by atoms with van der Waals surface area (Å²) in [5.74, 6) is 1.53. The summed E-state index contributed by atoms with van der Waals surface area (Å²) in [5, 5.41) is 2.12. The molecule has 1 aliphatic heterocycles. The van der Waals surface area contributed by atoms with Crippen molar-refractivity contribution in [2.45, 2.75) is 58.3 Å². The summed E-state index contributed by atoms with van der Waals surface area (Å²) < 4.78 is 2.35. The number of likely N-dealkylation sites (tertiary alicyclic amines) is 1. The number of aromatic nitrogens is 3. The molecule has 5 rings (SSSR count). The van der Waals surface area contributed by atoms with Gasteiger partial charge in [-0.2, -0.15) is 0 Å². The number of thioether (sulfide) groups is 1. The summed E-state index contributed by atoms with van der Waals surface area (Å²) in [6, 6.07) is 17.4. The minimum Gasteiger partial charge on any atom is -0.382 e. The van der Waals surface area contributed by atoms with E-state index in [2.05, 4.69) is 71.6 Å². The summed E-state index contributed by atoms with van der Waals surface area (Å²) in [4.78, 5) is 12.2. The van der Waals surface area contributed by atoms with Crippen molar-refractivity contribution >= 4 is 39.5 Å². The molecule has 0 aliphatic carbocycles. The highest BCUT2D eigenvalue weighted by molar-refractivity contribution is 7.99. The molecular formula is C28H35N5S. The molecule has 2 aromatic heterocycles. The number of nitrogens with two attached hydrogens (primary N) is 1. The van der Waals surface area contributed by atoms with Gasteiger partial charge in [0.2, 0.25) is 0 Å². The van der Waals surface area contributed by atoms with Gasteiger partial charge in [-0.1, -0.05) is 75.0 Å². The standard InChI is InChI=1S/C28H35N5S/c1-28(2,3)14-17-34-27-31-24-25(22-8-4-5-9-23(22)30-26(24)29)33(27)19-21-12-10-20(11-13-21)18-32-15-6-7-16-32/h4-5,8-13H,6-7,14-19H2,1-3H3,(H2,29,30). The molecule has 1 fully saturated rings. The van der Waals surface area contributed by atoms with Gasteiger partial charge in [0.1, 0.15) is 5.52 Å². The molecule has 0 unspecified atom stereocenters. The predicted molar refractivity (Wildman–Crippen MR) is 144 cm³/mol. The zero-order valence-electron chi connectivity index (χ0n) is 20.6. The van der Waals surface area contributed by atoms with Crippen LogP contribution < -0.4 is 5.73 Å². The number of rotatable bonds is 7. The third-order valence-corrected chi connectivity index (χ3v) is 7.61. The van der Waals surface area contributed by atoms with E-state index in [1.165, 1.54) is 37.1 Å². The average Bonchev–Trinajstić information content (AvgIpc) is 3.43. The predicted octanol–water partition coefficient (Wildman–Crippen LogP) is 6.34. The first kappa shape index (κ1) is 23.2. The maximum absolute atomic E-state index is 6.39. The molecule has 1 aliphatic rings. The molecule has 178 valence electrons. The molecule has 3 heterocycles. The van der Waals surface area contributed by atoms with Crippen LogP contribution in [-0.4, -0.2) is 38.3 Å². The number of hydrogen-bond acceptors (Lipinski definition) is 5. The molecule has 5 nitrogen and oxygen atoms in total. The van der Waals surface area contributed by atoms with E-state index in [0.717, 1.165) is 52.4 Å². The lowest BCUT2D eigenvalue weighted by Crippen LogP contribution is -2.18. The van der Waals surface area contributed by atoms with E-state index in [9.17, 15) is 0 Å². The average molecular weight is 474 g/mol. The topological polar surface area (TPSA) is 60.0 Å². The maximum atomic E-state index is 6.39. The lowest BCUT2D eigenvalue weighted by molar-refractivity contribution is 0.331. The van der Waals surface area contributed by atoms with Gasteiger partial charge in [-0.05, 0) is 55.0 Å². The van der Waals surface area contributed by atoms with Gasteiger partial charge in [0.15, 0.2) is 11.0 Å². The Balaban J connectivity index is 1.50. The number of para-hydroxylation sites is 1. The molecule has 34 heavy (non-hydrogen) atoms. The molecule has 2 N–H and O–H groups in total. The number of anilines is 1. The summed E-state index contributed by atoms with van der Waals surface area (Å²) in [6.07, 6.45) is 3.78. The second-order valence-corrected chi connectivity index (χ2v) is 11.7. The first-order chi connectivity index (χ1) is 16.4. The smallest absolute Gasteiger partial charge is 0.169 e. The molecule has 1 saturated heterocycles. The van der Waals surface area contributed by atoms with Crippen molar-refractivity contribution in [1.29, 1.82) is 0 Å². The number of fused-ring (bicyclic) bond motifs is 3. The van der Waals surface area contributed by atoms with Crippen molar-refractivity contribution in [3.8, 4) is 0 Å². The van der Waals surface area contributed by atoms with E-state index in [1.807, 2.05) is 23.9 Å². The van der Waals surface area contributed by atoms with Crippen LogP contribution in [0.1, 0.15) is 51.2 Å². The van der Waals surface area contributed by atoms with Crippen molar-refractivity contribution in [2.75, 3.05) is 24.6 Å². The fourth-order valence-corrected chi connectivity index (χ4v) is 6.04. The van der Waals surface area contributed by atoms with Gasteiger partial charge >= 0.3 is 0 Å². The number of nitrogen functional groups attached to an aromatic ring is 1. The van der Waals surface area contributed by atoms with Gasteiger partial charge in [-0.15, -0.1) is 0 Å². The van der Waals surface area contributed by atoms with Crippen molar-refractivity contribution in [2.24, 2.45) is 5.41 Å². The highest BCUT2D eigenvalue weighted by Crippen LogP contribution is 2.34.